The third kappa shape index (κ3) is 3.24. The van der Waals surface area contributed by atoms with E-state index in [4.69, 9.17) is 5.73 Å². The van der Waals surface area contributed by atoms with Gasteiger partial charge in [-0.1, -0.05) is 24.8 Å². The van der Waals surface area contributed by atoms with Gasteiger partial charge in [0.05, 0.1) is 5.69 Å². The normalized spacial score (nSPS) is 10.8. The third-order valence-electron chi connectivity index (χ3n) is 2.26. The Bertz CT molecular complexity index is 380. The van der Waals surface area contributed by atoms with Gasteiger partial charge >= 0.3 is 0 Å². The molecule has 0 radical (unpaired) electrons. The van der Waals surface area contributed by atoms with E-state index >= 15 is 0 Å². The summed E-state index contributed by atoms with van der Waals surface area (Å²) in [5.74, 6) is -0.375. The minimum absolute atomic E-state index is 0.181. The van der Waals surface area contributed by atoms with Crippen LogP contribution in [0.1, 0.15) is 25.3 Å². The molecular formula is C13H16FN. The van der Waals surface area contributed by atoms with Crippen LogP contribution in [0.15, 0.2) is 36.9 Å². The summed E-state index contributed by atoms with van der Waals surface area (Å²) in [6, 6.07) is 4.81. The van der Waals surface area contributed by atoms with Gasteiger partial charge in [0.1, 0.15) is 5.82 Å². The van der Waals surface area contributed by atoms with Gasteiger partial charge < -0.3 is 5.73 Å². The molecule has 1 aromatic rings. The maximum atomic E-state index is 13.1. The molecule has 0 bridgehead atoms. The summed E-state index contributed by atoms with van der Waals surface area (Å²) < 4.78 is 13.1. The topological polar surface area (TPSA) is 26.0 Å². The Morgan fingerprint density at radius 3 is 2.87 bits per heavy atom. The molecule has 0 spiro atoms. The van der Waals surface area contributed by atoms with Crippen LogP contribution in [-0.2, 0) is 0 Å². The van der Waals surface area contributed by atoms with E-state index in [0.29, 0.717) is 0 Å². The fourth-order valence-electron chi connectivity index (χ4n) is 1.32. The van der Waals surface area contributed by atoms with Gasteiger partial charge in [-0.05, 0) is 43.0 Å². The van der Waals surface area contributed by atoms with Crippen LogP contribution in [0.25, 0.3) is 5.57 Å². The maximum Gasteiger partial charge on any atom is 0.146 e. The van der Waals surface area contributed by atoms with E-state index in [1.165, 1.54) is 6.07 Å². The lowest BCUT2D eigenvalue weighted by Gasteiger charge is -2.05. The Balaban J connectivity index is 2.70. The number of nitrogens with two attached hydrogens (primary N) is 1. The molecule has 1 rings (SSSR count). The number of nitrogen functional groups attached to an aromatic ring is 1. The van der Waals surface area contributed by atoms with Crippen molar-refractivity contribution in [1.29, 1.82) is 0 Å². The molecule has 0 aliphatic heterocycles. The van der Waals surface area contributed by atoms with Gasteiger partial charge in [-0.3, -0.25) is 0 Å². The summed E-state index contributed by atoms with van der Waals surface area (Å²) in [7, 11) is 0. The maximum absolute atomic E-state index is 13.1. The zero-order valence-corrected chi connectivity index (χ0v) is 8.96. The molecule has 80 valence electrons. The molecule has 15 heavy (non-hydrogen) atoms. The first-order valence-corrected chi connectivity index (χ1v) is 4.99. The largest absolute Gasteiger partial charge is 0.396 e. The van der Waals surface area contributed by atoms with Gasteiger partial charge in [0.2, 0.25) is 0 Å². The van der Waals surface area contributed by atoms with Crippen LogP contribution < -0.4 is 5.73 Å². The molecule has 0 aliphatic carbocycles. The summed E-state index contributed by atoms with van der Waals surface area (Å²) in [5.41, 5.74) is 7.34. The van der Waals surface area contributed by atoms with Crippen molar-refractivity contribution in [2.75, 3.05) is 5.73 Å². The first-order valence-electron chi connectivity index (χ1n) is 4.99. The van der Waals surface area contributed by atoms with Crippen molar-refractivity contribution in [2.24, 2.45) is 0 Å². The monoisotopic (exact) mass is 205 g/mol. The molecule has 0 saturated carbocycles. The minimum atomic E-state index is -0.375. The Hall–Kier alpha value is -1.57. The van der Waals surface area contributed by atoms with E-state index < -0.39 is 0 Å². The highest BCUT2D eigenvalue weighted by atomic mass is 19.1. The van der Waals surface area contributed by atoms with E-state index in [0.717, 1.165) is 24.0 Å². The van der Waals surface area contributed by atoms with Crippen molar-refractivity contribution < 1.29 is 4.39 Å². The van der Waals surface area contributed by atoms with Gasteiger partial charge in [-0.25, -0.2) is 4.39 Å². The lowest BCUT2D eigenvalue weighted by atomic mass is 10.0. The van der Waals surface area contributed by atoms with Crippen molar-refractivity contribution in [3.8, 4) is 0 Å². The SMILES string of the molecule is C=C(CC/C=C\C)c1ccc(N)c(F)c1. The number of anilines is 1. The lowest BCUT2D eigenvalue weighted by Crippen LogP contribution is -1.92. The Labute approximate surface area is 90.1 Å². The average Bonchev–Trinajstić information content (AvgIpc) is 2.22. The standard InChI is InChI=1S/C13H16FN/c1-3-4-5-6-10(2)11-7-8-13(15)12(14)9-11/h3-4,7-9H,2,5-6,15H2,1H3/b4-3-. The van der Waals surface area contributed by atoms with Gasteiger partial charge in [0.15, 0.2) is 0 Å². The molecule has 0 heterocycles. The summed E-state index contributed by atoms with van der Waals surface area (Å²) in [6.07, 6.45) is 5.84. The summed E-state index contributed by atoms with van der Waals surface area (Å²) in [6.45, 7) is 5.90. The van der Waals surface area contributed by atoms with E-state index in [2.05, 4.69) is 12.7 Å². The summed E-state index contributed by atoms with van der Waals surface area (Å²) >= 11 is 0. The second-order valence-corrected chi connectivity index (χ2v) is 3.45. The molecule has 0 fully saturated rings. The quantitative estimate of drug-likeness (QED) is 0.587. The average molecular weight is 205 g/mol. The van der Waals surface area contributed by atoms with Gasteiger partial charge in [-0.2, -0.15) is 0 Å². The van der Waals surface area contributed by atoms with Crippen LogP contribution in [0.4, 0.5) is 10.1 Å². The molecule has 2 heteroatoms. The van der Waals surface area contributed by atoms with Crippen molar-refractivity contribution >= 4 is 11.3 Å². The molecule has 2 N–H and O–H groups in total. The molecular weight excluding hydrogens is 189 g/mol. The van der Waals surface area contributed by atoms with Gasteiger partial charge in [-0.15, -0.1) is 0 Å². The molecule has 0 saturated heterocycles. The van der Waals surface area contributed by atoms with E-state index in [9.17, 15) is 4.39 Å². The van der Waals surface area contributed by atoms with Crippen LogP contribution in [-0.4, -0.2) is 0 Å². The van der Waals surface area contributed by atoms with Crippen LogP contribution in [0.2, 0.25) is 0 Å². The Kier molecular flexibility index (Phi) is 4.10. The Morgan fingerprint density at radius 2 is 2.27 bits per heavy atom. The summed E-state index contributed by atoms with van der Waals surface area (Å²) in [4.78, 5) is 0. The van der Waals surface area contributed by atoms with Crippen LogP contribution >= 0.6 is 0 Å². The number of allylic oxidation sites excluding steroid dienone is 3. The van der Waals surface area contributed by atoms with Crippen LogP contribution in [0.3, 0.4) is 0 Å². The smallest absolute Gasteiger partial charge is 0.146 e. The number of benzene rings is 1. The predicted molar refractivity (Wildman–Crippen MR) is 63.9 cm³/mol. The van der Waals surface area contributed by atoms with Crippen molar-refractivity contribution in [2.45, 2.75) is 19.8 Å². The highest BCUT2D eigenvalue weighted by Crippen LogP contribution is 2.21. The number of hydrogen-bond acceptors (Lipinski definition) is 1. The van der Waals surface area contributed by atoms with Gasteiger partial charge in [0.25, 0.3) is 0 Å². The lowest BCUT2D eigenvalue weighted by molar-refractivity contribution is 0.632. The van der Waals surface area contributed by atoms with Crippen LogP contribution in [0.5, 0.6) is 0 Å². The number of rotatable bonds is 4. The number of halogens is 1. The van der Waals surface area contributed by atoms with Crippen molar-refractivity contribution in [1.82, 2.24) is 0 Å². The highest BCUT2D eigenvalue weighted by molar-refractivity contribution is 5.65. The van der Waals surface area contributed by atoms with Gasteiger partial charge in [0, 0.05) is 0 Å². The fourth-order valence-corrected chi connectivity index (χ4v) is 1.32. The first kappa shape index (κ1) is 11.5. The zero-order valence-electron chi connectivity index (χ0n) is 8.96. The zero-order chi connectivity index (χ0) is 11.3. The molecule has 1 aromatic carbocycles. The van der Waals surface area contributed by atoms with E-state index in [1.54, 1.807) is 12.1 Å². The summed E-state index contributed by atoms with van der Waals surface area (Å²) in [5, 5.41) is 0. The fraction of sp³-hybridized carbons (Fsp3) is 0.231. The Morgan fingerprint density at radius 1 is 1.53 bits per heavy atom. The molecule has 0 amide bonds. The molecule has 1 nitrogen and oxygen atoms in total. The van der Waals surface area contributed by atoms with Crippen LogP contribution in [0, 0.1) is 5.82 Å². The van der Waals surface area contributed by atoms with E-state index in [1.807, 2.05) is 13.0 Å². The number of hydrogen-bond donors (Lipinski definition) is 1. The predicted octanol–water partition coefficient (Wildman–Crippen LogP) is 3.78. The minimum Gasteiger partial charge on any atom is -0.396 e. The second-order valence-electron chi connectivity index (χ2n) is 3.45. The second kappa shape index (κ2) is 5.35. The van der Waals surface area contributed by atoms with Crippen molar-refractivity contribution in [3.63, 3.8) is 0 Å². The molecule has 0 aliphatic rings. The molecule has 0 atom stereocenters. The van der Waals surface area contributed by atoms with E-state index in [-0.39, 0.29) is 11.5 Å². The molecule has 0 aromatic heterocycles. The van der Waals surface area contributed by atoms with Crippen molar-refractivity contribution in [3.05, 3.63) is 48.3 Å². The third-order valence-corrected chi connectivity index (χ3v) is 2.26. The first-order chi connectivity index (χ1) is 7.15. The highest BCUT2D eigenvalue weighted by Gasteiger charge is 2.02. The molecule has 0 unspecified atom stereocenters.